The van der Waals surface area contributed by atoms with Crippen LogP contribution < -0.4 is 25.4 Å². The minimum atomic E-state index is -0.492. The van der Waals surface area contributed by atoms with Crippen molar-refractivity contribution in [2.24, 2.45) is 7.05 Å². The largest absolute Gasteiger partial charge is 0.495 e. The van der Waals surface area contributed by atoms with Crippen molar-refractivity contribution in [2.45, 2.75) is 6.92 Å². The summed E-state index contributed by atoms with van der Waals surface area (Å²) in [5.74, 6) is -0.619. The van der Waals surface area contributed by atoms with Crippen LogP contribution in [0.4, 0.5) is 11.4 Å². The van der Waals surface area contributed by atoms with Gasteiger partial charge in [-0.1, -0.05) is 0 Å². The van der Waals surface area contributed by atoms with E-state index in [1.54, 1.807) is 25.2 Å². The molecule has 3 amide bonds. The highest BCUT2D eigenvalue weighted by atomic mass is 16.5. The molecule has 0 aliphatic heterocycles. The molecule has 0 bridgehead atoms. The maximum Gasteiger partial charge on any atom is 0.258 e. The Kier molecular flexibility index (Phi) is 6.36. The van der Waals surface area contributed by atoms with Gasteiger partial charge in [0.15, 0.2) is 0 Å². The topological polar surface area (TPSA) is 124 Å². The Morgan fingerprint density at radius 1 is 1.15 bits per heavy atom. The smallest absolute Gasteiger partial charge is 0.258 e. The average Bonchev–Trinajstić information content (AvgIpc) is 3.00. The number of nitrogens with zero attached hydrogens (tertiary/aromatic N) is 2. The van der Waals surface area contributed by atoms with Crippen LogP contribution >= 0.6 is 0 Å². The van der Waals surface area contributed by atoms with Crippen LogP contribution in [0.15, 0.2) is 24.4 Å². The van der Waals surface area contributed by atoms with E-state index in [0.29, 0.717) is 17.1 Å². The first-order chi connectivity index (χ1) is 12.8. The number of ether oxygens (including phenoxy) is 2. The van der Waals surface area contributed by atoms with E-state index in [1.165, 1.54) is 32.0 Å². The number of nitrogens with one attached hydrogen (secondary N) is 3. The molecule has 0 unspecified atom stereocenters. The Bertz CT molecular complexity index is 861. The molecule has 10 heteroatoms. The average molecular weight is 375 g/mol. The highest BCUT2D eigenvalue weighted by Gasteiger charge is 2.17. The van der Waals surface area contributed by atoms with Crippen molar-refractivity contribution in [3.8, 4) is 11.6 Å². The number of carbonyl (C=O) groups excluding carboxylic acids is 3. The third-order valence-corrected chi connectivity index (χ3v) is 3.44. The first-order valence-electron chi connectivity index (χ1n) is 7.95. The fourth-order valence-electron chi connectivity index (χ4n) is 2.31. The van der Waals surface area contributed by atoms with Crippen LogP contribution in [0.3, 0.4) is 0 Å². The van der Waals surface area contributed by atoms with Crippen molar-refractivity contribution >= 4 is 29.1 Å². The van der Waals surface area contributed by atoms with E-state index in [0.717, 1.165) is 0 Å². The van der Waals surface area contributed by atoms with Crippen molar-refractivity contribution in [2.75, 3.05) is 31.4 Å². The van der Waals surface area contributed by atoms with Gasteiger partial charge in [0.25, 0.3) is 5.91 Å². The van der Waals surface area contributed by atoms with E-state index in [-0.39, 0.29) is 23.9 Å². The first kappa shape index (κ1) is 19.8. The Morgan fingerprint density at radius 2 is 1.89 bits per heavy atom. The van der Waals surface area contributed by atoms with Gasteiger partial charge in [-0.05, 0) is 18.2 Å². The van der Waals surface area contributed by atoms with Gasteiger partial charge in [-0.2, -0.15) is 0 Å². The van der Waals surface area contributed by atoms with Crippen LogP contribution in [-0.4, -0.2) is 48.3 Å². The molecule has 0 aliphatic carbocycles. The molecule has 144 valence electrons. The van der Waals surface area contributed by atoms with Crippen molar-refractivity contribution in [3.63, 3.8) is 0 Å². The van der Waals surface area contributed by atoms with Gasteiger partial charge in [0.2, 0.25) is 17.7 Å². The monoisotopic (exact) mass is 375 g/mol. The van der Waals surface area contributed by atoms with E-state index in [2.05, 4.69) is 21.0 Å². The highest BCUT2D eigenvalue weighted by Crippen LogP contribution is 2.27. The Labute approximate surface area is 155 Å². The Morgan fingerprint density at radius 3 is 2.52 bits per heavy atom. The lowest BCUT2D eigenvalue weighted by Gasteiger charge is -2.12. The normalized spacial score (nSPS) is 10.1. The maximum atomic E-state index is 12.2. The zero-order valence-electron chi connectivity index (χ0n) is 15.5. The van der Waals surface area contributed by atoms with Crippen molar-refractivity contribution < 1.29 is 23.9 Å². The summed E-state index contributed by atoms with van der Waals surface area (Å²) in [5, 5.41) is 11.7. The molecule has 0 saturated carbocycles. The summed E-state index contributed by atoms with van der Waals surface area (Å²) in [6.07, 6.45) is 1.49. The second kappa shape index (κ2) is 8.70. The summed E-state index contributed by atoms with van der Waals surface area (Å²) in [5.41, 5.74) is 1.09. The lowest BCUT2D eigenvalue weighted by molar-refractivity contribution is -0.115. The predicted molar refractivity (Wildman–Crippen MR) is 98.0 cm³/mol. The summed E-state index contributed by atoms with van der Waals surface area (Å²) in [4.78, 5) is 35.6. The SMILES string of the molecule is COc1ccc(NC(C)=O)cc1NC(=O)CNC(=O)c1cn(C)nc1OC. The fourth-order valence-corrected chi connectivity index (χ4v) is 2.31. The van der Waals surface area contributed by atoms with Gasteiger partial charge in [0.05, 0.1) is 26.5 Å². The van der Waals surface area contributed by atoms with Crippen molar-refractivity contribution in [3.05, 3.63) is 30.0 Å². The van der Waals surface area contributed by atoms with Crippen LogP contribution in [0.5, 0.6) is 11.6 Å². The van der Waals surface area contributed by atoms with E-state index < -0.39 is 11.8 Å². The summed E-state index contributed by atoms with van der Waals surface area (Å²) < 4.78 is 11.6. The zero-order chi connectivity index (χ0) is 20.0. The molecule has 0 spiro atoms. The van der Waals surface area contributed by atoms with E-state index in [4.69, 9.17) is 9.47 Å². The Balaban J connectivity index is 2.02. The highest BCUT2D eigenvalue weighted by molar-refractivity contribution is 6.01. The second-order valence-electron chi connectivity index (χ2n) is 5.55. The minimum Gasteiger partial charge on any atom is -0.495 e. The van der Waals surface area contributed by atoms with E-state index in [1.807, 2.05) is 0 Å². The number of amides is 3. The number of benzene rings is 1. The fraction of sp³-hybridized carbons (Fsp3) is 0.294. The van der Waals surface area contributed by atoms with E-state index >= 15 is 0 Å². The van der Waals surface area contributed by atoms with Crippen LogP contribution in [0.1, 0.15) is 17.3 Å². The molecule has 2 aromatic rings. The molecule has 10 nitrogen and oxygen atoms in total. The number of hydrogen-bond donors (Lipinski definition) is 3. The third-order valence-electron chi connectivity index (χ3n) is 3.44. The molecule has 0 saturated heterocycles. The number of methoxy groups -OCH3 is 2. The zero-order valence-corrected chi connectivity index (χ0v) is 15.5. The number of aromatic nitrogens is 2. The van der Waals surface area contributed by atoms with Crippen LogP contribution in [0.2, 0.25) is 0 Å². The van der Waals surface area contributed by atoms with Gasteiger partial charge in [0.1, 0.15) is 11.3 Å². The summed E-state index contributed by atoms with van der Waals surface area (Å²) >= 11 is 0. The van der Waals surface area contributed by atoms with E-state index in [9.17, 15) is 14.4 Å². The molecule has 0 radical (unpaired) electrons. The number of rotatable bonds is 7. The molecule has 1 aromatic heterocycles. The van der Waals surface area contributed by atoms with Crippen LogP contribution in [0, 0.1) is 0 Å². The van der Waals surface area contributed by atoms with Crippen LogP contribution in [-0.2, 0) is 16.6 Å². The first-order valence-corrected chi connectivity index (χ1v) is 7.95. The molecule has 27 heavy (non-hydrogen) atoms. The van der Waals surface area contributed by atoms with Crippen molar-refractivity contribution in [1.29, 1.82) is 0 Å². The van der Waals surface area contributed by atoms with Gasteiger partial charge in [-0.15, -0.1) is 5.10 Å². The molecular formula is C17H21N5O5. The predicted octanol–water partition coefficient (Wildman–Crippen LogP) is 0.764. The molecule has 1 aromatic carbocycles. The van der Waals surface area contributed by atoms with Crippen LogP contribution in [0.25, 0.3) is 0 Å². The summed E-state index contributed by atoms with van der Waals surface area (Å²) in [6, 6.07) is 4.82. The molecular weight excluding hydrogens is 354 g/mol. The van der Waals surface area contributed by atoms with Gasteiger partial charge in [-0.3, -0.25) is 19.1 Å². The second-order valence-corrected chi connectivity index (χ2v) is 5.55. The van der Waals surface area contributed by atoms with Crippen molar-refractivity contribution in [1.82, 2.24) is 15.1 Å². The molecule has 2 rings (SSSR count). The third kappa shape index (κ3) is 5.21. The number of hydrogen-bond acceptors (Lipinski definition) is 6. The number of anilines is 2. The quantitative estimate of drug-likeness (QED) is 0.657. The number of aryl methyl sites for hydroxylation is 1. The molecule has 0 atom stereocenters. The summed E-state index contributed by atoms with van der Waals surface area (Å²) in [7, 11) is 4.51. The molecule has 1 heterocycles. The van der Waals surface area contributed by atoms with Gasteiger partial charge in [-0.25, -0.2) is 0 Å². The van der Waals surface area contributed by atoms with Gasteiger partial charge < -0.3 is 25.4 Å². The summed E-state index contributed by atoms with van der Waals surface area (Å²) in [6.45, 7) is 1.11. The van der Waals surface area contributed by atoms with Gasteiger partial charge in [0, 0.05) is 25.9 Å². The maximum absolute atomic E-state index is 12.2. The Hall–Kier alpha value is -3.56. The lowest BCUT2D eigenvalue weighted by Crippen LogP contribution is -2.33. The lowest BCUT2D eigenvalue weighted by atomic mass is 10.2. The molecule has 3 N–H and O–H groups in total. The molecule has 0 fully saturated rings. The van der Waals surface area contributed by atoms with Gasteiger partial charge >= 0.3 is 0 Å². The molecule has 0 aliphatic rings. The minimum absolute atomic E-state index is 0.167. The number of carbonyl (C=O) groups is 3. The standard InChI is InChI=1S/C17H21N5O5/c1-10(23)19-11-5-6-14(26-3)13(7-11)20-15(24)8-18-16(25)12-9-22(2)21-17(12)27-4/h5-7,9H,8H2,1-4H3,(H,18,25)(H,19,23)(H,20,24).